The molecule has 0 saturated carbocycles. The lowest BCUT2D eigenvalue weighted by Crippen LogP contribution is -2.63. The van der Waals surface area contributed by atoms with Crippen molar-refractivity contribution in [3.8, 4) is 5.75 Å². The lowest BCUT2D eigenvalue weighted by atomic mass is 9.96. The topological polar surface area (TPSA) is 82.2 Å². The lowest BCUT2D eigenvalue weighted by Gasteiger charge is -2.46. The van der Waals surface area contributed by atoms with Crippen LogP contribution in [0.1, 0.15) is 29.8 Å². The van der Waals surface area contributed by atoms with Gasteiger partial charge in [-0.25, -0.2) is 4.79 Å². The average molecular weight is 437 g/mol. The summed E-state index contributed by atoms with van der Waals surface area (Å²) >= 11 is 0. The zero-order valence-electron chi connectivity index (χ0n) is 18.8. The van der Waals surface area contributed by atoms with Crippen LogP contribution in [0.5, 0.6) is 5.75 Å². The number of rotatable bonds is 4. The van der Waals surface area contributed by atoms with Crippen molar-refractivity contribution in [3.63, 3.8) is 0 Å². The van der Waals surface area contributed by atoms with Crippen molar-refractivity contribution in [3.05, 3.63) is 53.6 Å². The minimum absolute atomic E-state index is 0.0122. The molecule has 8 heteroatoms. The fraction of sp³-hybridized carbons (Fsp3) is 0.375. The third kappa shape index (κ3) is 3.88. The molecule has 2 heterocycles. The minimum Gasteiger partial charge on any atom is -0.497 e. The molecule has 0 spiro atoms. The van der Waals surface area contributed by atoms with Crippen LogP contribution >= 0.6 is 0 Å². The van der Waals surface area contributed by atoms with Crippen LogP contribution in [-0.4, -0.2) is 61.6 Å². The van der Waals surface area contributed by atoms with Crippen LogP contribution in [0.4, 0.5) is 16.2 Å². The van der Waals surface area contributed by atoms with Crippen molar-refractivity contribution >= 4 is 29.2 Å². The molecule has 2 aromatic rings. The highest BCUT2D eigenvalue weighted by Gasteiger charge is 2.41. The first-order valence-corrected chi connectivity index (χ1v) is 10.6. The van der Waals surface area contributed by atoms with Crippen LogP contribution in [0.25, 0.3) is 0 Å². The fourth-order valence-corrected chi connectivity index (χ4v) is 4.45. The molecule has 0 radical (unpaired) electrons. The Morgan fingerprint density at radius 1 is 1.09 bits per heavy atom. The Kier molecular flexibility index (Phi) is 5.54. The first-order chi connectivity index (χ1) is 15.2. The monoisotopic (exact) mass is 436 g/mol. The molecule has 0 aromatic heterocycles. The smallest absolute Gasteiger partial charge is 0.322 e. The normalized spacial score (nSPS) is 18.1. The van der Waals surface area contributed by atoms with E-state index in [0.717, 1.165) is 17.0 Å². The summed E-state index contributed by atoms with van der Waals surface area (Å²) in [7, 11) is 1.60. The molecular weight excluding hydrogens is 408 g/mol. The predicted molar refractivity (Wildman–Crippen MR) is 122 cm³/mol. The van der Waals surface area contributed by atoms with Crippen LogP contribution in [0.15, 0.2) is 42.5 Å². The number of nitrogens with zero attached hydrogens (tertiary/aromatic N) is 3. The van der Waals surface area contributed by atoms with Gasteiger partial charge in [-0.15, -0.1) is 0 Å². The summed E-state index contributed by atoms with van der Waals surface area (Å²) in [4.78, 5) is 43.5. The quantitative estimate of drug-likeness (QED) is 0.799. The van der Waals surface area contributed by atoms with Crippen molar-refractivity contribution in [1.29, 1.82) is 0 Å². The second-order valence-electron chi connectivity index (χ2n) is 8.79. The van der Waals surface area contributed by atoms with Crippen LogP contribution < -0.4 is 19.9 Å². The van der Waals surface area contributed by atoms with Gasteiger partial charge >= 0.3 is 6.03 Å². The molecule has 2 aliphatic heterocycles. The first kappa shape index (κ1) is 21.7. The summed E-state index contributed by atoms with van der Waals surface area (Å²) in [6, 6.07) is 12.5. The Labute approximate surface area is 187 Å². The number of aryl methyl sites for hydroxylation is 1. The first-order valence-electron chi connectivity index (χ1n) is 10.6. The number of carbonyl (C=O) groups excluding carboxylic acids is 3. The second-order valence-corrected chi connectivity index (χ2v) is 8.79. The Morgan fingerprint density at radius 3 is 2.41 bits per heavy atom. The zero-order chi connectivity index (χ0) is 23.0. The summed E-state index contributed by atoms with van der Waals surface area (Å²) in [5.41, 5.74) is 2.27. The number of amides is 4. The molecule has 32 heavy (non-hydrogen) atoms. The van der Waals surface area contributed by atoms with Gasteiger partial charge in [-0.3, -0.25) is 14.5 Å². The number of anilines is 2. The van der Waals surface area contributed by atoms with Gasteiger partial charge < -0.3 is 19.9 Å². The van der Waals surface area contributed by atoms with Crippen molar-refractivity contribution < 1.29 is 19.1 Å². The Bertz CT molecular complexity index is 1060. The molecule has 2 aliphatic rings. The lowest BCUT2D eigenvalue weighted by molar-refractivity contribution is -0.122. The Balaban J connectivity index is 1.57. The van der Waals surface area contributed by atoms with E-state index in [4.69, 9.17) is 4.74 Å². The molecule has 2 fully saturated rings. The van der Waals surface area contributed by atoms with Gasteiger partial charge in [0.25, 0.3) is 5.91 Å². The molecule has 0 bridgehead atoms. The van der Waals surface area contributed by atoms with Gasteiger partial charge in [-0.1, -0.05) is 6.07 Å². The molecule has 0 atom stereocenters. The summed E-state index contributed by atoms with van der Waals surface area (Å²) in [5, 5.41) is 2.79. The van der Waals surface area contributed by atoms with Crippen LogP contribution in [0.3, 0.4) is 0 Å². The maximum absolute atomic E-state index is 13.3. The SMILES string of the molecule is COc1ccc(N2C(=O)CN(C(=O)c3ccc(C)c(N4CCNC4=O)c3)CC2(C)C)cc1. The van der Waals surface area contributed by atoms with Crippen molar-refractivity contribution in [2.45, 2.75) is 26.3 Å². The number of ether oxygens (including phenoxy) is 1. The number of benzene rings is 2. The second kappa shape index (κ2) is 8.18. The molecule has 4 amide bonds. The zero-order valence-corrected chi connectivity index (χ0v) is 18.8. The molecule has 168 valence electrons. The number of urea groups is 1. The van der Waals surface area contributed by atoms with E-state index in [9.17, 15) is 14.4 Å². The molecule has 1 N–H and O–H groups in total. The van der Waals surface area contributed by atoms with Crippen molar-refractivity contribution in [2.24, 2.45) is 0 Å². The molecule has 0 unspecified atom stereocenters. The molecule has 0 aliphatic carbocycles. The Morgan fingerprint density at radius 2 is 1.81 bits per heavy atom. The number of hydrogen-bond acceptors (Lipinski definition) is 4. The maximum atomic E-state index is 13.3. The van der Waals surface area contributed by atoms with Gasteiger partial charge in [0.2, 0.25) is 5.91 Å². The summed E-state index contributed by atoms with van der Waals surface area (Å²) in [5.74, 6) is 0.349. The fourth-order valence-electron chi connectivity index (χ4n) is 4.45. The third-order valence-corrected chi connectivity index (χ3v) is 5.98. The number of piperazine rings is 1. The summed E-state index contributed by atoms with van der Waals surface area (Å²) in [6.45, 7) is 7.32. The maximum Gasteiger partial charge on any atom is 0.322 e. The molecule has 2 saturated heterocycles. The standard InChI is InChI=1S/C24H28N4O4/c1-16-5-6-17(13-20(16)27-12-11-25-23(27)31)22(30)26-14-21(29)28(24(2,3)15-26)18-7-9-19(32-4)10-8-18/h5-10,13H,11-12,14-15H2,1-4H3,(H,25,31). The van der Waals surface area contributed by atoms with Gasteiger partial charge in [0.15, 0.2) is 0 Å². The van der Waals surface area contributed by atoms with Crippen molar-refractivity contribution in [1.82, 2.24) is 10.2 Å². The van der Waals surface area contributed by atoms with Gasteiger partial charge in [0.05, 0.1) is 12.6 Å². The van der Waals surface area contributed by atoms with E-state index in [1.54, 1.807) is 33.9 Å². The largest absolute Gasteiger partial charge is 0.497 e. The molecule has 2 aromatic carbocycles. The molecular formula is C24H28N4O4. The minimum atomic E-state index is -0.595. The number of hydrogen-bond donors (Lipinski definition) is 1. The number of nitrogens with one attached hydrogen (secondary N) is 1. The molecule has 8 nitrogen and oxygen atoms in total. The van der Waals surface area contributed by atoms with Gasteiger partial charge in [-0.05, 0) is 62.7 Å². The van der Waals surface area contributed by atoms with Crippen LogP contribution in [-0.2, 0) is 4.79 Å². The van der Waals surface area contributed by atoms with Gasteiger partial charge in [0, 0.05) is 36.6 Å². The van der Waals surface area contributed by atoms with Crippen molar-refractivity contribution in [2.75, 3.05) is 43.1 Å². The average Bonchev–Trinajstić information content (AvgIpc) is 3.18. The van der Waals surface area contributed by atoms with E-state index in [2.05, 4.69) is 5.32 Å². The number of methoxy groups -OCH3 is 1. The third-order valence-electron chi connectivity index (χ3n) is 5.98. The van der Waals surface area contributed by atoms with Gasteiger partial charge in [-0.2, -0.15) is 0 Å². The Hall–Kier alpha value is -3.55. The van der Waals surface area contributed by atoms with E-state index in [1.165, 1.54) is 0 Å². The summed E-state index contributed by atoms with van der Waals surface area (Å²) in [6.07, 6.45) is 0. The van der Waals surface area contributed by atoms with E-state index >= 15 is 0 Å². The highest BCUT2D eigenvalue weighted by Crippen LogP contribution is 2.31. The van der Waals surface area contributed by atoms with Crippen LogP contribution in [0.2, 0.25) is 0 Å². The van der Waals surface area contributed by atoms with Crippen LogP contribution in [0, 0.1) is 6.92 Å². The van der Waals surface area contributed by atoms with E-state index < -0.39 is 5.54 Å². The van der Waals surface area contributed by atoms with E-state index in [1.807, 2.05) is 51.1 Å². The highest BCUT2D eigenvalue weighted by atomic mass is 16.5. The highest BCUT2D eigenvalue weighted by molar-refractivity contribution is 6.04. The summed E-state index contributed by atoms with van der Waals surface area (Å²) < 4.78 is 5.21. The molecule has 4 rings (SSSR count). The van der Waals surface area contributed by atoms with Gasteiger partial charge in [0.1, 0.15) is 12.3 Å². The number of carbonyl (C=O) groups is 3. The van der Waals surface area contributed by atoms with E-state index in [0.29, 0.717) is 30.9 Å². The predicted octanol–water partition coefficient (Wildman–Crippen LogP) is 2.80. The van der Waals surface area contributed by atoms with E-state index in [-0.39, 0.29) is 24.4 Å².